The zero-order valence-electron chi connectivity index (χ0n) is 10.0. The second kappa shape index (κ2) is 5.29. The summed E-state index contributed by atoms with van der Waals surface area (Å²) in [7, 11) is 0. The Balaban J connectivity index is 2.05. The summed E-state index contributed by atoms with van der Waals surface area (Å²) in [5.74, 6) is 0.922. The average Bonchev–Trinajstić information content (AvgIpc) is 2.30. The maximum Gasteiger partial charge on any atom is 0.133 e. The summed E-state index contributed by atoms with van der Waals surface area (Å²) in [6.07, 6.45) is 6.15. The molecule has 0 amide bonds. The highest BCUT2D eigenvalue weighted by Gasteiger charge is 2.20. The SMILES string of the molecule is CCCc1ccc(C2CCCC(=O)C2)cc1. The van der Waals surface area contributed by atoms with Crippen LogP contribution in [0, 0.1) is 0 Å². The average molecular weight is 216 g/mol. The molecule has 1 atom stereocenters. The Morgan fingerprint density at radius 1 is 1.25 bits per heavy atom. The van der Waals surface area contributed by atoms with Gasteiger partial charge in [-0.05, 0) is 36.3 Å². The van der Waals surface area contributed by atoms with Crippen molar-refractivity contribution in [3.05, 3.63) is 35.4 Å². The van der Waals surface area contributed by atoms with E-state index in [9.17, 15) is 4.79 Å². The normalized spacial score (nSPS) is 21.1. The second-order valence-corrected chi connectivity index (χ2v) is 4.82. The zero-order valence-corrected chi connectivity index (χ0v) is 10.0. The van der Waals surface area contributed by atoms with Crippen LogP contribution in [0.25, 0.3) is 0 Å². The lowest BCUT2D eigenvalue weighted by molar-refractivity contribution is -0.120. The van der Waals surface area contributed by atoms with E-state index in [0.717, 1.165) is 25.7 Å². The van der Waals surface area contributed by atoms with E-state index in [1.807, 2.05) is 0 Å². The maximum absolute atomic E-state index is 11.4. The summed E-state index contributed by atoms with van der Waals surface area (Å²) in [5, 5.41) is 0. The van der Waals surface area contributed by atoms with Gasteiger partial charge >= 0.3 is 0 Å². The highest BCUT2D eigenvalue weighted by Crippen LogP contribution is 2.30. The first kappa shape index (κ1) is 11.4. The van der Waals surface area contributed by atoms with Gasteiger partial charge in [-0.1, -0.05) is 37.6 Å². The van der Waals surface area contributed by atoms with Crippen LogP contribution in [-0.2, 0) is 11.2 Å². The van der Waals surface area contributed by atoms with E-state index in [1.54, 1.807) is 0 Å². The fourth-order valence-corrected chi connectivity index (χ4v) is 2.55. The lowest BCUT2D eigenvalue weighted by atomic mass is 9.83. The lowest BCUT2D eigenvalue weighted by Crippen LogP contribution is -2.13. The Morgan fingerprint density at radius 3 is 2.62 bits per heavy atom. The van der Waals surface area contributed by atoms with Gasteiger partial charge < -0.3 is 0 Å². The van der Waals surface area contributed by atoms with Crippen molar-refractivity contribution >= 4 is 5.78 Å². The fraction of sp³-hybridized carbons (Fsp3) is 0.533. The molecule has 1 unspecified atom stereocenters. The number of ketones is 1. The number of carbonyl (C=O) groups is 1. The molecule has 1 aromatic carbocycles. The molecule has 0 radical (unpaired) electrons. The van der Waals surface area contributed by atoms with Crippen LogP contribution >= 0.6 is 0 Å². The summed E-state index contributed by atoms with van der Waals surface area (Å²) in [6.45, 7) is 2.20. The topological polar surface area (TPSA) is 17.1 Å². The third-order valence-corrected chi connectivity index (χ3v) is 3.47. The van der Waals surface area contributed by atoms with E-state index in [-0.39, 0.29) is 0 Å². The van der Waals surface area contributed by atoms with Gasteiger partial charge in [-0.25, -0.2) is 0 Å². The van der Waals surface area contributed by atoms with Crippen LogP contribution in [-0.4, -0.2) is 5.78 Å². The highest BCUT2D eigenvalue weighted by atomic mass is 16.1. The molecule has 1 fully saturated rings. The third-order valence-electron chi connectivity index (χ3n) is 3.47. The van der Waals surface area contributed by atoms with Crippen LogP contribution in [0.15, 0.2) is 24.3 Å². The number of aryl methyl sites for hydroxylation is 1. The van der Waals surface area contributed by atoms with E-state index in [4.69, 9.17) is 0 Å². The number of Topliss-reactive ketones (excluding diaryl/α,β-unsaturated/α-hetero) is 1. The van der Waals surface area contributed by atoms with Crippen molar-refractivity contribution in [2.24, 2.45) is 0 Å². The molecule has 0 saturated heterocycles. The van der Waals surface area contributed by atoms with Gasteiger partial charge in [0.2, 0.25) is 0 Å². The molecule has 0 N–H and O–H groups in total. The first-order valence-electron chi connectivity index (χ1n) is 6.40. The van der Waals surface area contributed by atoms with Crippen LogP contribution in [0.5, 0.6) is 0 Å². The molecule has 0 heterocycles. The van der Waals surface area contributed by atoms with Crippen molar-refractivity contribution in [2.75, 3.05) is 0 Å². The van der Waals surface area contributed by atoms with Crippen LogP contribution in [0.2, 0.25) is 0 Å². The Hall–Kier alpha value is -1.11. The molecule has 1 aliphatic rings. The largest absolute Gasteiger partial charge is 0.300 e. The van der Waals surface area contributed by atoms with E-state index >= 15 is 0 Å². The van der Waals surface area contributed by atoms with Crippen LogP contribution < -0.4 is 0 Å². The Bertz CT molecular complexity index is 350. The van der Waals surface area contributed by atoms with Gasteiger partial charge in [0.1, 0.15) is 5.78 Å². The Labute approximate surface area is 97.9 Å². The number of carbonyl (C=O) groups excluding carboxylic acids is 1. The van der Waals surface area contributed by atoms with Gasteiger partial charge in [0.25, 0.3) is 0 Å². The van der Waals surface area contributed by atoms with Crippen molar-refractivity contribution in [3.63, 3.8) is 0 Å². The van der Waals surface area contributed by atoms with Crippen molar-refractivity contribution in [3.8, 4) is 0 Å². The summed E-state index contributed by atoms with van der Waals surface area (Å²) in [5.41, 5.74) is 2.77. The van der Waals surface area contributed by atoms with Crippen LogP contribution in [0.1, 0.15) is 56.1 Å². The molecule has 0 bridgehead atoms. The van der Waals surface area contributed by atoms with Crippen LogP contribution in [0.4, 0.5) is 0 Å². The molecule has 1 heteroatoms. The highest BCUT2D eigenvalue weighted by molar-refractivity contribution is 5.80. The molecule has 1 aliphatic carbocycles. The van der Waals surface area contributed by atoms with E-state index in [2.05, 4.69) is 31.2 Å². The van der Waals surface area contributed by atoms with Crippen molar-refractivity contribution < 1.29 is 4.79 Å². The van der Waals surface area contributed by atoms with Gasteiger partial charge in [-0.15, -0.1) is 0 Å². The fourth-order valence-electron chi connectivity index (χ4n) is 2.55. The molecule has 1 nitrogen and oxygen atoms in total. The van der Waals surface area contributed by atoms with Gasteiger partial charge in [0.05, 0.1) is 0 Å². The van der Waals surface area contributed by atoms with Gasteiger partial charge in [0, 0.05) is 12.8 Å². The Kier molecular flexibility index (Phi) is 3.76. The summed E-state index contributed by atoms with van der Waals surface area (Å²) < 4.78 is 0. The molecular weight excluding hydrogens is 196 g/mol. The number of rotatable bonds is 3. The predicted octanol–water partition coefficient (Wildman–Crippen LogP) is 3.87. The van der Waals surface area contributed by atoms with Gasteiger partial charge in [-0.3, -0.25) is 4.79 Å². The maximum atomic E-state index is 11.4. The standard InChI is InChI=1S/C15H20O/c1-2-4-12-7-9-13(10-8-12)14-5-3-6-15(16)11-14/h7-10,14H,2-6,11H2,1H3. The number of hydrogen-bond acceptors (Lipinski definition) is 1. The van der Waals surface area contributed by atoms with E-state index in [0.29, 0.717) is 11.7 Å². The third kappa shape index (κ3) is 2.72. The monoisotopic (exact) mass is 216 g/mol. The van der Waals surface area contributed by atoms with Crippen LogP contribution in [0.3, 0.4) is 0 Å². The molecule has 2 rings (SSSR count). The van der Waals surface area contributed by atoms with Gasteiger partial charge in [-0.2, -0.15) is 0 Å². The molecule has 0 aromatic heterocycles. The quantitative estimate of drug-likeness (QED) is 0.749. The summed E-state index contributed by atoms with van der Waals surface area (Å²) >= 11 is 0. The lowest BCUT2D eigenvalue weighted by Gasteiger charge is -2.21. The van der Waals surface area contributed by atoms with Gasteiger partial charge in [0.15, 0.2) is 0 Å². The van der Waals surface area contributed by atoms with Crippen molar-refractivity contribution in [1.29, 1.82) is 0 Å². The second-order valence-electron chi connectivity index (χ2n) is 4.82. The van der Waals surface area contributed by atoms with Crippen molar-refractivity contribution in [2.45, 2.75) is 51.4 Å². The molecule has 0 spiro atoms. The predicted molar refractivity (Wildman–Crippen MR) is 66.7 cm³/mol. The summed E-state index contributed by atoms with van der Waals surface area (Å²) in [6, 6.07) is 8.87. The minimum Gasteiger partial charge on any atom is -0.300 e. The molecular formula is C15H20O. The number of hydrogen-bond donors (Lipinski definition) is 0. The minimum atomic E-state index is 0.439. The first-order chi connectivity index (χ1) is 7.79. The summed E-state index contributed by atoms with van der Waals surface area (Å²) in [4.78, 5) is 11.4. The number of benzene rings is 1. The minimum absolute atomic E-state index is 0.439. The molecule has 1 saturated carbocycles. The molecule has 86 valence electrons. The van der Waals surface area contributed by atoms with E-state index in [1.165, 1.54) is 24.0 Å². The first-order valence-corrected chi connectivity index (χ1v) is 6.40. The van der Waals surface area contributed by atoms with E-state index < -0.39 is 0 Å². The molecule has 0 aliphatic heterocycles. The molecule has 16 heavy (non-hydrogen) atoms. The Morgan fingerprint density at radius 2 is 2.00 bits per heavy atom. The smallest absolute Gasteiger partial charge is 0.133 e. The zero-order chi connectivity index (χ0) is 11.4. The molecule has 1 aromatic rings. The van der Waals surface area contributed by atoms with Crippen molar-refractivity contribution in [1.82, 2.24) is 0 Å².